The van der Waals surface area contributed by atoms with Gasteiger partial charge in [-0.2, -0.15) is 0 Å². The number of oxazole rings is 1. The molecule has 1 atom stereocenters. The first-order valence-corrected chi connectivity index (χ1v) is 13.4. The van der Waals surface area contributed by atoms with E-state index in [1.807, 2.05) is 18.3 Å². The van der Waals surface area contributed by atoms with E-state index in [9.17, 15) is 5.11 Å². The molecule has 1 aromatic carbocycles. The van der Waals surface area contributed by atoms with Crippen LogP contribution >= 0.6 is 11.3 Å². The number of aliphatic hydroxyl groups is 1. The third kappa shape index (κ3) is 5.02. The van der Waals surface area contributed by atoms with E-state index in [2.05, 4.69) is 48.1 Å². The minimum Gasteiger partial charge on any atom is -0.495 e. The Morgan fingerprint density at radius 3 is 2.68 bits per heavy atom. The van der Waals surface area contributed by atoms with Crippen LogP contribution in [0, 0.1) is 0 Å². The van der Waals surface area contributed by atoms with Gasteiger partial charge in [0.15, 0.2) is 17.3 Å². The van der Waals surface area contributed by atoms with Crippen molar-refractivity contribution in [3.63, 3.8) is 0 Å². The molecule has 0 amide bonds. The first kappa shape index (κ1) is 24.6. The Balaban J connectivity index is 1.29. The number of aromatic nitrogens is 4. The van der Waals surface area contributed by atoms with Crippen molar-refractivity contribution in [3.05, 3.63) is 43.2 Å². The minimum atomic E-state index is -0.318. The van der Waals surface area contributed by atoms with Crippen molar-refractivity contribution in [2.24, 2.45) is 0 Å². The van der Waals surface area contributed by atoms with Crippen LogP contribution < -0.4 is 19.9 Å². The molecule has 3 aromatic heterocycles. The van der Waals surface area contributed by atoms with Crippen molar-refractivity contribution < 1.29 is 14.3 Å². The van der Waals surface area contributed by atoms with Crippen molar-refractivity contribution in [1.82, 2.24) is 24.8 Å². The second-order valence-corrected chi connectivity index (χ2v) is 10.5. The van der Waals surface area contributed by atoms with Crippen molar-refractivity contribution in [3.8, 4) is 27.6 Å². The zero-order valence-corrected chi connectivity index (χ0v) is 22.2. The fourth-order valence-electron chi connectivity index (χ4n) is 4.79. The average molecular weight is 535 g/mol. The lowest BCUT2D eigenvalue weighted by Crippen LogP contribution is -2.44. The third-order valence-electron chi connectivity index (χ3n) is 6.93. The largest absolute Gasteiger partial charge is 0.495 e. The quantitative estimate of drug-likeness (QED) is 0.364. The first-order valence-electron chi connectivity index (χ1n) is 12.6. The van der Waals surface area contributed by atoms with Gasteiger partial charge in [-0.25, -0.2) is 19.9 Å². The molecule has 2 fully saturated rings. The predicted molar refractivity (Wildman–Crippen MR) is 147 cm³/mol. The van der Waals surface area contributed by atoms with Crippen LogP contribution in [0.4, 0.5) is 22.5 Å². The number of anilines is 4. The number of β-amino-alcohol motifs (C(OH)–C–C–N with tert-alkyl or cyclic N) is 1. The summed E-state index contributed by atoms with van der Waals surface area (Å²) in [6.07, 6.45) is 7.02. The summed E-state index contributed by atoms with van der Waals surface area (Å²) < 4.78 is 11.3. The number of nitrogens with zero attached hydrogens (tertiary/aromatic N) is 7. The normalized spacial score (nSPS) is 18.2. The molecule has 5 heterocycles. The summed E-state index contributed by atoms with van der Waals surface area (Å²) in [6.45, 7) is 5.34. The fourth-order valence-corrected chi connectivity index (χ4v) is 5.74. The fraction of sp³-hybridized carbons (Fsp3) is 0.385. The predicted octanol–water partition coefficient (Wildman–Crippen LogP) is 3.33. The number of piperazine rings is 1. The Kier molecular flexibility index (Phi) is 6.83. The van der Waals surface area contributed by atoms with Gasteiger partial charge >= 0.3 is 0 Å². The van der Waals surface area contributed by atoms with Crippen LogP contribution in [-0.4, -0.2) is 89.5 Å². The Morgan fingerprint density at radius 1 is 1.08 bits per heavy atom. The maximum absolute atomic E-state index is 9.94. The molecule has 2 saturated heterocycles. The van der Waals surface area contributed by atoms with E-state index in [-0.39, 0.29) is 6.10 Å². The molecule has 1 unspecified atom stereocenters. The Bertz CT molecular complexity index is 1390. The average Bonchev–Trinajstić information content (AvgIpc) is 3.71. The summed E-state index contributed by atoms with van der Waals surface area (Å²) in [5, 5.41) is 14.1. The van der Waals surface area contributed by atoms with Crippen LogP contribution in [0.25, 0.3) is 21.9 Å². The van der Waals surface area contributed by atoms with Gasteiger partial charge in [0.2, 0.25) is 5.95 Å². The van der Waals surface area contributed by atoms with Crippen LogP contribution in [0.5, 0.6) is 5.75 Å². The second kappa shape index (κ2) is 10.6. The first-order chi connectivity index (χ1) is 18.6. The summed E-state index contributed by atoms with van der Waals surface area (Å²) in [5.74, 6) is 1.83. The standard InChI is InChI=1S/C26H30N8O3S/c1-32-7-9-33(10-8-32)20-4-3-17(11-21(20)36-2)30-25-28-12-19(22-13-27-16-37-22)24(31-25)23-14-29-26(38-23)34-6-5-18(35)15-34/h3-4,11-14,16,18,35H,5-10,15H2,1-2H3,(H,28,30,31). The van der Waals surface area contributed by atoms with Gasteiger partial charge in [-0.05, 0) is 25.6 Å². The van der Waals surface area contributed by atoms with Gasteiger partial charge < -0.3 is 34.3 Å². The highest BCUT2D eigenvalue weighted by Gasteiger charge is 2.24. The Morgan fingerprint density at radius 2 is 1.95 bits per heavy atom. The summed E-state index contributed by atoms with van der Waals surface area (Å²) in [4.78, 5) is 25.7. The summed E-state index contributed by atoms with van der Waals surface area (Å²) >= 11 is 1.53. The third-order valence-corrected chi connectivity index (χ3v) is 7.99. The number of aliphatic hydroxyl groups excluding tert-OH is 1. The summed E-state index contributed by atoms with van der Waals surface area (Å²) in [7, 11) is 3.84. The second-order valence-electron chi connectivity index (χ2n) is 9.52. The van der Waals surface area contributed by atoms with Gasteiger partial charge in [0.05, 0.1) is 41.2 Å². The zero-order valence-electron chi connectivity index (χ0n) is 21.4. The summed E-state index contributed by atoms with van der Waals surface area (Å²) in [5.41, 5.74) is 3.34. The Labute approximate surface area is 224 Å². The van der Waals surface area contributed by atoms with E-state index in [4.69, 9.17) is 14.1 Å². The lowest BCUT2D eigenvalue weighted by atomic mass is 10.2. The number of hydrogen-bond donors (Lipinski definition) is 2. The van der Waals surface area contributed by atoms with Crippen LogP contribution in [0.3, 0.4) is 0 Å². The Hall–Kier alpha value is -3.74. The lowest BCUT2D eigenvalue weighted by molar-refractivity contribution is 0.198. The van der Waals surface area contributed by atoms with Crippen LogP contribution in [0.2, 0.25) is 0 Å². The van der Waals surface area contributed by atoms with Crippen molar-refractivity contribution >= 4 is 33.8 Å². The van der Waals surface area contributed by atoms with E-state index in [1.165, 1.54) is 17.7 Å². The molecule has 0 spiro atoms. The monoisotopic (exact) mass is 534 g/mol. The highest BCUT2D eigenvalue weighted by atomic mass is 32.1. The molecule has 198 valence electrons. The lowest BCUT2D eigenvalue weighted by Gasteiger charge is -2.34. The van der Waals surface area contributed by atoms with Crippen molar-refractivity contribution in [2.75, 3.05) is 68.5 Å². The molecule has 11 nitrogen and oxygen atoms in total. The number of methoxy groups -OCH3 is 1. The van der Waals surface area contributed by atoms with E-state index in [1.54, 1.807) is 19.5 Å². The number of nitrogens with one attached hydrogen (secondary N) is 1. The topological polar surface area (TPSA) is 116 Å². The molecule has 38 heavy (non-hydrogen) atoms. The van der Waals surface area contributed by atoms with Crippen LogP contribution in [0.1, 0.15) is 6.42 Å². The van der Waals surface area contributed by atoms with Crippen molar-refractivity contribution in [1.29, 1.82) is 0 Å². The molecule has 0 radical (unpaired) electrons. The molecule has 12 heteroatoms. The highest BCUT2D eigenvalue weighted by Crippen LogP contribution is 2.38. The van der Waals surface area contributed by atoms with Crippen LogP contribution in [-0.2, 0) is 0 Å². The summed E-state index contributed by atoms with van der Waals surface area (Å²) in [6, 6.07) is 6.08. The molecule has 2 aliphatic heterocycles. The molecule has 0 bridgehead atoms. The maximum Gasteiger partial charge on any atom is 0.227 e. The number of thiazole rings is 1. The molecular weight excluding hydrogens is 504 g/mol. The van der Waals surface area contributed by atoms with Gasteiger partial charge in [-0.3, -0.25) is 0 Å². The number of benzene rings is 1. The number of likely N-dealkylation sites (N-methyl/N-ethyl adjacent to an activating group) is 1. The molecular formula is C26H30N8O3S. The minimum absolute atomic E-state index is 0.318. The van der Waals surface area contributed by atoms with Crippen molar-refractivity contribution in [2.45, 2.75) is 12.5 Å². The maximum atomic E-state index is 9.94. The smallest absolute Gasteiger partial charge is 0.227 e. The SMILES string of the molecule is COc1cc(Nc2ncc(-c3cnco3)c(-c3cnc(N4CCC(O)C4)s3)n2)ccc1N1CCN(C)CC1. The van der Waals surface area contributed by atoms with E-state index < -0.39 is 0 Å². The van der Waals surface area contributed by atoms with Gasteiger partial charge in [-0.1, -0.05) is 11.3 Å². The molecule has 2 aliphatic rings. The molecule has 0 aliphatic carbocycles. The van der Waals surface area contributed by atoms with Gasteiger partial charge in [0.25, 0.3) is 0 Å². The van der Waals surface area contributed by atoms with E-state index in [0.29, 0.717) is 23.9 Å². The zero-order chi connectivity index (χ0) is 26.1. The van der Waals surface area contributed by atoms with E-state index >= 15 is 0 Å². The van der Waals surface area contributed by atoms with E-state index in [0.717, 1.165) is 71.8 Å². The number of ether oxygens (including phenoxy) is 1. The number of rotatable bonds is 7. The van der Waals surface area contributed by atoms with Gasteiger partial charge in [-0.15, -0.1) is 0 Å². The number of hydrogen-bond acceptors (Lipinski definition) is 12. The molecule has 2 N–H and O–H groups in total. The van der Waals surface area contributed by atoms with Gasteiger partial charge in [0, 0.05) is 63.4 Å². The molecule has 4 aromatic rings. The van der Waals surface area contributed by atoms with Gasteiger partial charge in [0.1, 0.15) is 5.75 Å². The highest BCUT2D eigenvalue weighted by molar-refractivity contribution is 7.18. The van der Waals surface area contributed by atoms with Crippen LogP contribution in [0.15, 0.2) is 47.6 Å². The molecule has 6 rings (SSSR count). The molecule has 0 saturated carbocycles.